The summed E-state index contributed by atoms with van der Waals surface area (Å²) in [5.41, 5.74) is 2.57. The largest absolute Gasteiger partial charge is 0.335 e. The van der Waals surface area contributed by atoms with E-state index in [1.165, 1.54) is 12.5 Å². The van der Waals surface area contributed by atoms with Crippen molar-refractivity contribution in [1.82, 2.24) is 9.80 Å². The van der Waals surface area contributed by atoms with Crippen LogP contribution in [0.15, 0.2) is 54.6 Å². The van der Waals surface area contributed by atoms with Gasteiger partial charge in [0.25, 0.3) is 5.91 Å². The van der Waals surface area contributed by atoms with Crippen molar-refractivity contribution in [1.29, 1.82) is 0 Å². The third-order valence-corrected chi connectivity index (χ3v) is 4.57. The van der Waals surface area contributed by atoms with Gasteiger partial charge in [0, 0.05) is 37.8 Å². The molecule has 0 aliphatic carbocycles. The molecule has 25 heavy (non-hydrogen) atoms. The summed E-state index contributed by atoms with van der Waals surface area (Å²) >= 11 is 0. The standard InChI is InChI=1S/C20H23N3O2/c1-15(24)21-18-10-8-17(9-11-18)20(25)23-13-12-22(2)19(14-23)16-6-4-3-5-7-16/h3-11,19H,12-14H2,1-2H3,(H,21,24). The Morgan fingerprint density at radius 1 is 1.00 bits per heavy atom. The van der Waals surface area contributed by atoms with Gasteiger partial charge in [0.2, 0.25) is 5.91 Å². The van der Waals surface area contributed by atoms with Crippen molar-refractivity contribution < 1.29 is 9.59 Å². The van der Waals surface area contributed by atoms with Gasteiger partial charge in [-0.1, -0.05) is 30.3 Å². The summed E-state index contributed by atoms with van der Waals surface area (Å²) in [7, 11) is 2.10. The molecule has 0 aromatic heterocycles. The minimum absolute atomic E-state index is 0.0309. The number of nitrogens with one attached hydrogen (secondary N) is 1. The molecule has 1 aliphatic heterocycles. The zero-order valence-electron chi connectivity index (χ0n) is 14.6. The molecule has 5 heteroatoms. The topological polar surface area (TPSA) is 52.7 Å². The van der Waals surface area contributed by atoms with E-state index in [2.05, 4.69) is 29.4 Å². The number of likely N-dealkylation sites (N-methyl/N-ethyl adjacent to an activating group) is 1. The first kappa shape index (κ1) is 17.2. The molecule has 2 aromatic carbocycles. The van der Waals surface area contributed by atoms with Crippen LogP contribution in [0, 0.1) is 0 Å². The summed E-state index contributed by atoms with van der Waals surface area (Å²) in [5, 5.41) is 2.71. The molecule has 1 N–H and O–H groups in total. The number of anilines is 1. The highest BCUT2D eigenvalue weighted by molar-refractivity contribution is 5.95. The molecule has 1 aliphatic rings. The third-order valence-electron chi connectivity index (χ3n) is 4.57. The SMILES string of the molecule is CC(=O)Nc1ccc(C(=O)N2CCN(C)C(c3ccccc3)C2)cc1. The van der Waals surface area contributed by atoms with E-state index in [0.29, 0.717) is 24.3 Å². The molecular weight excluding hydrogens is 314 g/mol. The summed E-state index contributed by atoms with van der Waals surface area (Å²) in [4.78, 5) is 28.1. The lowest BCUT2D eigenvalue weighted by atomic mass is 10.0. The van der Waals surface area contributed by atoms with Gasteiger partial charge in [0.1, 0.15) is 0 Å². The number of rotatable bonds is 3. The van der Waals surface area contributed by atoms with Crippen LogP contribution in [0.4, 0.5) is 5.69 Å². The fraction of sp³-hybridized carbons (Fsp3) is 0.300. The number of piperazine rings is 1. The van der Waals surface area contributed by atoms with E-state index in [1.807, 2.05) is 23.1 Å². The van der Waals surface area contributed by atoms with E-state index in [-0.39, 0.29) is 17.9 Å². The molecule has 0 saturated carbocycles. The van der Waals surface area contributed by atoms with E-state index in [1.54, 1.807) is 24.3 Å². The van der Waals surface area contributed by atoms with Crippen molar-refractivity contribution in [2.24, 2.45) is 0 Å². The minimum Gasteiger partial charge on any atom is -0.335 e. The number of hydrogen-bond donors (Lipinski definition) is 1. The first-order chi connectivity index (χ1) is 12.0. The van der Waals surface area contributed by atoms with Crippen LogP contribution in [0.5, 0.6) is 0 Å². The van der Waals surface area contributed by atoms with Gasteiger partial charge in [-0.3, -0.25) is 14.5 Å². The Bertz CT molecular complexity index is 743. The zero-order chi connectivity index (χ0) is 17.8. The smallest absolute Gasteiger partial charge is 0.253 e. The Morgan fingerprint density at radius 3 is 2.32 bits per heavy atom. The molecule has 0 spiro atoms. The Morgan fingerprint density at radius 2 is 1.68 bits per heavy atom. The van der Waals surface area contributed by atoms with Crippen molar-refractivity contribution >= 4 is 17.5 Å². The van der Waals surface area contributed by atoms with Gasteiger partial charge in [0.15, 0.2) is 0 Å². The lowest BCUT2D eigenvalue weighted by Gasteiger charge is -2.39. The number of hydrogen-bond acceptors (Lipinski definition) is 3. The number of carbonyl (C=O) groups is 2. The molecule has 1 unspecified atom stereocenters. The maximum atomic E-state index is 12.8. The molecule has 0 radical (unpaired) electrons. The summed E-state index contributed by atoms with van der Waals surface area (Å²) in [6, 6.07) is 17.6. The lowest BCUT2D eigenvalue weighted by Crippen LogP contribution is -2.49. The first-order valence-electron chi connectivity index (χ1n) is 8.46. The predicted octanol–water partition coefficient (Wildman–Crippen LogP) is 2.77. The minimum atomic E-state index is -0.121. The Labute approximate surface area is 148 Å². The van der Waals surface area contributed by atoms with Crippen LogP contribution in [-0.4, -0.2) is 48.3 Å². The van der Waals surface area contributed by atoms with Crippen molar-refractivity contribution in [3.63, 3.8) is 0 Å². The highest BCUT2D eigenvalue weighted by Gasteiger charge is 2.28. The molecular formula is C20H23N3O2. The van der Waals surface area contributed by atoms with E-state index >= 15 is 0 Å². The first-order valence-corrected chi connectivity index (χ1v) is 8.46. The normalized spacial score (nSPS) is 18.0. The molecule has 2 aromatic rings. The summed E-state index contributed by atoms with van der Waals surface area (Å²) < 4.78 is 0. The molecule has 1 atom stereocenters. The van der Waals surface area contributed by atoms with E-state index < -0.39 is 0 Å². The summed E-state index contributed by atoms with van der Waals surface area (Å²) in [6.45, 7) is 3.70. The molecule has 3 rings (SSSR count). The highest BCUT2D eigenvalue weighted by atomic mass is 16.2. The Kier molecular flexibility index (Phi) is 5.14. The molecule has 0 bridgehead atoms. The van der Waals surface area contributed by atoms with Gasteiger partial charge in [-0.05, 0) is 36.9 Å². The van der Waals surface area contributed by atoms with Gasteiger partial charge in [-0.25, -0.2) is 0 Å². The van der Waals surface area contributed by atoms with Crippen LogP contribution < -0.4 is 5.32 Å². The van der Waals surface area contributed by atoms with Crippen LogP contribution in [0.25, 0.3) is 0 Å². The maximum Gasteiger partial charge on any atom is 0.253 e. The second-order valence-corrected chi connectivity index (χ2v) is 6.42. The van der Waals surface area contributed by atoms with Gasteiger partial charge < -0.3 is 10.2 Å². The van der Waals surface area contributed by atoms with Crippen molar-refractivity contribution in [2.75, 3.05) is 32.0 Å². The van der Waals surface area contributed by atoms with E-state index in [9.17, 15) is 9.59 Å². The molecule has 1 heterocycles. The van der Waals surface area contributed by atoms with E-state index in [0.717, 1.165) is 6.54 Å². The molecule has 1 fully saturated rings. The van der Waals surface area contributed by atoms with Crippen LogP contribution in [-0.2, 0) is 4.79 Å². The number of amides is 2. The lowest BCUT2D eigenvalue weighted by molar-refractivity contribution is -0.114. The van der Waals surface area contributed by atoms with Crippen molar-refractivity contribution in [2.45, 2.75) is 13.0 Å². The average molecular weight is 337 g/mol. The Hall–Kier alpha value is -2.66. The van der Waals surface area contributed by atoms with Gasteiger partial charge in [0.05, 0.1) is 6.04 Å². The number of nitrogens with zero attached hydrogens (tertiary/aromatic N) is 2. The number of carbonyl (C=O) groups excluding carboxylic acids is 2. The monoisotopic (exact) mass is 337 g/mol. The summed E-state index contributed by atoms with van der Waals surface area (Å²) in [6.07, 6.45) is 0. The van der Waals surface area contributed by atoms with Gasteiger partial charge in [-0.15, -0.1) is 0 Å². The summed E-state index contributed by atoms with van der Waals surface area (Å²) in [5.74, 6) is -0.0905. The maximum absolute atomic E-state index is 12.8. The average Bonchev–Trinajstić information content (AvgIpc) is 2.62. The number of benzene rings is 2. The van der Waals surface area contributed by atoms with Crippen LogP contribution in [0.3, 0.4) is 0 Å². The second kappa shape index (κ2) is 7.49. The molecule has 1 saturated heterocycles. The van der Waals surface area contributed by atoms with Crippen LogP contribution in [0.1, 0.15) is 28.9 Å². The Balaban J connectivity index is 1.72. The quantitative estimate of drug-likeness (QED) is 0.937. The highest BCUT2D eigenvalue weighted by Crippen LogP contribution is 2.25. The molecule has 5 nitrogen and oxygen atoms in total. The molecule has 130 valence electrons. The predicted molar refractivity (Wildman–Crippen MR) is 98.5 cm³/mol. The van der Waals surface area contributed by atoms with Crippen molar-refractivity contribution in [3.05, 3.63) is 65.7 Å². The third kappa shape index (κ3) is 4.06. The second-order valence-electron chi connectivity index (χ2n) is 6.42. The molecule has 2 amide bonds. The van der Waals surface area contributed by atoms with E-state index in [4.69, 9.17) is 0 Å². The van der Waals surface area contributed by atoms with Crippen LogP contribution in [0.2, 0.25) is 0 Å². The van der Waals surface area contributed by atoms with Crippen LogP contribution >= 0.6 is 0 Å². The fourth-order valence-corrected chi connectivity index (χ4v) is 3.18. The van der Waals surface area contributed by atoms with Gasteiger partial charge in [-0.2, -0.15) is 0 Å². The zero-order valence-corrected chi connectivity index (χ0v) is 14.6. The fourth-order valence-electron chi connectivity index (χ4n) is 3.18. The van der Waals surface area contributed by atoms with Crippen molar-refractivity contribution in [3.8, 4) is 0 Å². The van der Waals surface area contributed by atoms with Gasteiger partial charge >= 0.3 is 0 Å².